The molecule has 164 valence electrons. The van der Waals surface area contributed by atoms with Crippen LogP contribution >= 0.6 is 0 Å². The van der Waals surface area contributed by atoms with Gasteiger partial charge in [0, 0.05) is 32.3 Å². The van der Waals surface area contributed by atoms with Crippen LogP contribution in [0.15, 0.2) is 24.3 Å². The molecule has 0 saturated carbocycles. The molecular weight excluding hydrogens is 398 g/mol. The van der Waals surface area contributed by atoms with Crippen LogP contribution < -0.4 is 4.74 Å². The first-order valence-electron chi connectivity index (χ1n) is 9.29. The number of nitro groups is 1. The van der Waals surface area contributed by atoms with E-state index in [1.165, 1.54) is 34.1 Å². The molecular formula is C19H25N3O8. The van der Waals surface area contributed by atoms with E-state index in [9.17, 15) is 24.5 Å². The van der Waals surface area contributed by atoms with Crippen LogP contribution in [0.1, 0.15) is 27.2 Å². The largest absolute Gasteiger partial charge is 0.514 e. The van der Waals surface area contributed by atoms with Gasteiger partial charge in [-0.15, -0.1) is 0 Å². The van der Waals surface area contributed by atoms with Gasteiger partial charge in [-0.2, -0.15) is 0 Å². The number of carbonyl (C=O) groups excluding carboxylic acids is 3. The number of likely N-dealkylation sites (N-methyl/N-ethyl adjacent to an activating group) is 1. The van der Waals surface area contributed by atoms with Crippen molar-refractivity contribution in [3.8, 4) is 5.75 Å². The summed E-state index contributed by atoms with van der Waals surface area (Å²) in [5, 5.41) is 10.6. The van der Waals surface area contributed by atoms with Gasteiger partial charge in [0.2, 0.25) is 5.91 Å². The van der Waals surface area contributed by atoms with Gasteiger partial charge in [-0.3, -0.25) is 14.9 Å². The second-order valence-corrected chi connectivity index (χ2v) is 7.79. The van der Waals surface area contributed by atoms with E-state index in [-0.39, 0.29) is 43.4 Å². The zero-order chi connectivity index (χ0) is 22.5. The van der Waals surface area contributed by atoms with Gasteiger partial charge < -0.3 is 24.0 Å². The number of nitro benzene ring substituents is 1. The Hall–Kier alpha value is -3.37. The Morgan fingerprint density at radius 3 is 2.47 bits per heavy atom. The molecule has 1 heterocycles. The summed E-state index contributed by atoms with van der Waals surface area (Å²) in [4.78, 5) is 48.9. The number of nitrogens with zero attached hydrogens (tertiary/aromatic N) is 3. The molecule has 1 fully saturated rings. The number of rotatable bonds is 6. The first-order valence-corrected chi connectivity index (χ1v) is 9.29. The van der Waals surface area contributed by atoms with Gasteiger partial charge in [0.25, 0.3) is 5.69 Å². The Kier molecular flexibility index (Phi) is 7.19. The number of hydrogen-bond donors (Lipinski definition) is 0. The third-order valence-electron chi connectivity index (χ3n) is 4.10. The molecule has 1 saturated heterocycles. The summed E-state index contributed by atoms with van der Waals surface area (Å²) in [6.07, 6.45) is -2.18. The van der Waals surface area contributed by atoms with Crippen molar-refractivity contribution in [1.29, 1.82) is 0 Å². The lowest BCUT2D eigenvalue weighted by atomic mass is 10.2. The molecule has 1 aliphatic rings. The van der Waals surface area contributed by atoms with Crippen molar-refractivity contribution in [2.45, 2.75) is 38.9 Å². The molecule has 0 bridgehead atoms. The van der Waals surface area contributed by atoms with Gasteiger partial charge in [0.1, 0.15) is 17.5 Å². The molecule has 1 aliphatic heterocycles. The van der Waals surface area contributed by atoms with Crippen molar-refractivity contribution in [3.63, 3.8) is 0 Å². The number of amides is 2. The van der Waals surface area contributed by atoms with Crippen molar-refractivity contribution in [2.24, 2.45) is 0 Å². The average Bonchev–Trinajstić information content (AvgIpc) is 2.97. The molecule has 0 radical (unpaired) electrons. The lowest BCUT2D eigenvalue weighted by molar-refractivity contribution is -0.384. The summed E-state index contributed by atoms with van der Waals surface area (Å²) < 4.78 is 15.4. The molecule has 0 spiro atoms. The molecule has 1 aromatic carbocycles. The molecule has 0 aliphatic carbocycles. The molecule has 0 aromatic heterocycles. The highest BCUT2D eigenvalue weighted by atomic mass is 16.7. The highest BCUT2D eigenvalue weighted by molar-refractivity contribution is 5.79. The lowest BCUT2D eigenvalue weighted by Crippen LogP contribution is -2.40. The number of non-ortho nitro benzene ring substituents is 1. The normalized spacial score (nSPS) is 16.2. The molecule has 11 heteroatoms. The minimum absolute atomic E-state index is 0.00547. The van der Waals surface area contributed by atoms with Crippen molar-refractivity contribution < 1.29 is 33.5 Å². The van der Waals surface area contributed by atoms with Crippen LogP contribution in [0.2, 0.25) is 0 Å². The zero-order valence-corrected chi connectivity index (χ0v) is 17.3. The van der Waals surface area contributed by atoms with Crippen LogP contribution in [-0.2, 0) is 14.3 Å². The summed E-state index contributed by atoms with van der Waals surface area (Å²) in [6.45, 7) is 6.00. The first-order chi connectivity index (χ1) is 13.9. The Morgan fingerprint density at radius 2 is 1.90 bits per heavy atom. The third kappa shape index (κ3) is 6.90. The predicted molar refractivity (Wildman–Crippen MR) is 104 cm³/mol. The van der Waals surface area contributed by atoms with E-state index in [0.29, 0.717) is 0 Å². The minimum Gasteiger partial charge on any atom is -0.444 e. The van der Waals surface area contributed by atoms with Gasteiger partial charge in [-0.05, 0) is 32.9 Å². The van der Waals surface area contributed by atoms with Gasteiger partial charge in [-0.25, -0.2) is 9.59 Å². The second kappa shape index (κ2) is 9.42. The van der Waals surface area contributed by atoms with Crippen LogP contribution in [0.3, 0.4) is 0 Å². The fourth-order valence-corrected chi connectivity index (χ4v) is 2.63. The standard InChI is InChI=1S/C19H25N3O8/c1-19(2,3)30-17(24)20(4)9-10-21-12-15(11-16(21)23)29-18(25)28-14-7-5-13(6-8-14)22(26)27/h5-8,15H,9-12H2,1-4H3/t15-/m0/s1. The maximum Gasteiger partial charge on any atom is 0.514 e. The molecule has 11 nitrogen and oxygen atoms in total. The van der Waals surface area contributed by atoms with Gasteiger partial charge in [0.15, 0.2) is 0 Å². The highest BCUT2D eigenvalue weighted by Crippen LogP contribution is 2.19. The molecule has 2 amide bonds. The number of ether oxygens (including phenoxy) is 3. The number of carbonyl (C=O) groups is 3. The van der Waals surface area contributed by atoms with Crippen molar-refractivity contribution >= 4 is 23.8 Å². The van der Waals surface area contributed by atoms with Gasteiger partial charge in [0.05, 0.1) is 17.9 Å². The molecule has 1 aromatic rings. The van der Waals surface area contributed by atoms with Crippen LogP contribution in [-0.4, -0.2) is 71.3 Å². The molecule has 1 atom stereocenters. The Morgan fingerprint density at radius 1 is 1.27 bits per heavy atom. The topological polar surface area (TPSA) is 129 Å². The average molecular weight is 423 g/mol. The van der Waals surface area contributed by atoms with E-state index in [4.69, 9.17) is 14.2 Å². The first kappa shape index (κ1) is 22.9. The summed E-state index contributed by atoms with van der Waals surface area (Å²) in [7, 11) is 1.57. The smallest absolute Gasteiger partial charge is 0.444 e. The van der Waals surface area contributed by atoms with E-state index in [2.05, 4.69) is 0 Å². The quantitative estimate of drug-likeness (QED) is 0.295. The Labute approximate surface area is 173 Å². The zero-order valence-electron chi connectivity index (χ0n) is 17.3. The molecule has 2 rings (SSSR count). The Bertz CT molecular complexity index is 803. The number of hydrogen-bond acceptors (Lipinski definition) is 8. The Balaban J connectivity index is 1.79. The van der Waals surface area contributed by atoms with E-state index in [1.54, 1.807) is 27.8 Å². The third-order valence-corrected chi connectivity index (χ3v) is 4.10. The SMILES string of the molecule is CN(CCN1C[C@@H](OC(=O)Oc2ccc([N+](=O)[O-])cc2)CC1=O)C(=O)OC(C)(C)C. The summed E-state index contributed by atoms with van der Waals surface area (Å²) in [6, 6.07) is 4.95. The summed E-state index contributed by atoms with van der Waals surface area (Å²) in [5.41, 5.74) is -0.748. The van der Waals surface area contributed by atoms with Crippen molar-refractivity contribution in [1.82, 2.24) is 9.80 Å². The lowest BCUT2D eigenvalue weighted by Gasteiger charge is -2.26. The van der Waals surface area contributed by atoms with Crippen LogP contribution in [0.5, 0.6) is 5.75 Å². The van der Waals surface area contributed by atoms with E-state index in [1.807, 2.05) is 0 Å². The van der Waals surface area contributed by atoms with Gasteiger partial charge in [-0.1, -0.05) is 0 Å². The predicted octanol–water partition coefficient (Wildman–Crippen LogP) is 2.58. The van der Waals surface area contributed by atoms with E-state index < -0.39 is 28.9 Å². The maximum atomic E-state index is 12.1. The molecule has 30 heavy (non-hydrogen) atoms. The monoisotopic (exact) mass is 423 g/mol. The molecule has 0 unspecified atom stereocenters. The fraction of sp³-hybridized carbons (Fsp3) is 0.526. The van der Waals surface area contributed by atoms with Crippen LogP contribution in [0.4, 0.5) is 15.3 Å². The maximum absolute atomic E-state index is 12.1. The van der Waals surface area contributed by atoms with Crippen LogP contribution in [0, 0.1) is 10.1 Å². The van der Waals surface area contributed by atoms with Crippen LogP contribution in [0.25, 0.3) is 0 Å². The fourth-order valence-electron chi connectivity index (χ4n) is 2.63. The number of likely N-dealkylation sites (tertiary alicyclic amines) is 1. The molecule has 0 N–H and O–H groups in total. The number of benzene rings is 1. The highest BCUT2D eigenvalue weighted by Gasteiger charge is 2.33. The second-order valence-electron chi connectivity index (χ2n) is 7.79. The van der Waals surface area contributed by atoms with Crippen molar-refractivity contribution in [3.05, 3.63) is 34.4 Å². The van der Waals surface area contributed by atoms with Crippen molar-refractivity contribution in [2.75, 3.05) is 26.7 Å². The van der Waals surface area contributed by atoms with E-state index in [0.717, 1.165) is 0 Å². The minimum atomic E-state index is -1.01. The van der Waals surface area contributed by atoms with Gasteiger partial charge >= 0.3 is 12.2 Å². The summed E-state index contributed by atoms with van der Waals surface area (Å²) in [5.74, 6) is -0.119. The summed E-state index contributed by atoms with van der Waals surface area (Å²) >= 11 is 0. The van der Waals surface area contributed by atoms with E-state index >= 15 is 0 Å².